The Hall–Kier alpha value is -5.12. The fraction of sp³-hybridized carbons (Fsp3) is 0.0588. The molecule has 0 heterocycles. The van der Waals surface area contributed by atoms with Gasteiger partial charge in [-0.1, -0.05) is 36.4 Å². The van der Waals surface area contributed by atoms with Gasteiger partial charge in [0.1, 0.15) is 42.5 Å². The van der Waals surface area contributed by atoms with Gasteiger partial charge in [0.15, 0.2) is 0 Å². The van der Waals surface area contributed by atoms with E-state index >= 15 is 0 Å². The van der Waals surface area contributed by atoms with Gasteiger partial charge in [-0.3, -0.25) is 18.2 Å². The van der Waals surface area contributed by atoms with Crippen molar-refractivity contribution in [2.24, 2.45) is 20.5 Å². The summed E-state index contributed by atoms with van der Waals surface area (Å²) in [5.41, 5.74) is 10.4. The minimum absolute atomic E-state index is 0. The van der Waals surface area contributed by atoms with Crippen LogP contribution in [0.15, 0.2) is 113 Å². The molecule has 303 valence electrons. The number of rotatable bonds is 9. The number of azo groups is 2. The Morgan fingerprint density at radius 2 is 0.797 bits per heavy atom. The molecule has 0 saturated heterocycles. The van der Waals surface area contributed by atoms with Crippen molar-refractivity contribution in [2.45, 2.75) is 33.4 Å². The minimum atomic E-state index is -5.34. The monoisotopic (exact) mass is 895 g/mol. The molecule has 0 amide bonds. The first kappa shape index (κ1) is 45.0. The third-order valence-electron chi connectivity index (χ3n) is 8.74. The summed E-state index contributed by atoms with van der Waals surface area (Å²) in [7, 11) is -21.3. The maximum Gasteiger partial charge on any atom is 0.298 e. The predicted molar refractivity (Wildman–Crippen MR) is 215 cm³/mol. The zero-order valence-electron chi connectivity index (χ0n) is 30.5. The van der Waals surface area contributed by atoms with E-state index in [-0.39, 0.29) is 40.9 Å². The van der Waals surface area contributed by atoms with Gasteiger partial charge < -0.3 is 21.7 Å². The number of hydrogen-bond acceptors (Lipinski definition) is 16. The second-order valence-electron chi connectivity index (χ2n) is 12.5. The first-order valence-corrected chi connectivity index (χ1v) is 21.7. The van der Waals surface area contributed by atoms with Crippen LogP contribution in [0.3, 0.4) is 0 Å². The molecule has 1 radical (unpaired) electrons. The molecule has 20 nitrogen and oxygen atoms in total. The molecule has 6 rings (SSSR count). The topological polar surface area (TPSA) is 359 Å². The van der Waals surface area contributed by atoms with E-state index in [0.717, 1.165) is 24.3 Å². The fourth-order valence-electron chi connectivity index (χ4n) is 6.30. The van der Waals surface area contributed by atoms with Crippen molar-refractivity contribution in [3.05, 3.63) is 83.9 Å². The number of phenols is 2. The van der Waals surface area contributed by atoms with Crippen molar-refractivity contribution in [3.63, 3.8) is 0 Å². The van der Waals surface area contributed by atoms with E-state index in [1.807, 2.05) is 0 Å². The Balaban J connectivity index is 0.00000661. The molecule has 0 spiro atoms. The van der Waals surface area contributed by atoms with Crippen molar-refractivity contribution in [2.75, 3.05) is 11.5 Å². The number of nitrogens with zero attached hydrogens (tertiary/aromatic N) is 4. The van der Waals surface area contributed by atoms with E-state index in [1.165, 1.54) is 24.3 Å². The standard InChI is InChI=1S/C34H28N6O14S4.Na/c1-15-13-17(9-11-21(15)37-39-29-31(55(43,44)45)19-5-3-7-23(41)25(19)27(35)33(29)57(49,50)51)18-10-12-22(16(2)14-18)38-40-30-32(56(46,47)48)20-6-4-8-24(42)26(20)28(36)34(30)58(52,53)54;/h3-14,41-42H,35-36H2,1-2H3,(H,43,44,45)(H,46,47,48)(H,49,50,51)(H,52,53,54);. The van der Waals surface area contributed by atoms with E-state index in [9.17, 15) is 62.1 Å². The third-order valence-corrected chi connectivity index (χ3v) is 12.5. The Kier molecular flexibility index (Phi) is 12.1. The number of hydrogen-bond donors (Lipinski definition) is 8. The molecule has 59 heavy (non-hydrogen) atoms. The number of aryl methyl sites for hydroxylation is 2. The van der Waals surface area contributed by atoms with Gasteiger partial charge in [0.05, 0.1) is 22.7 Å². The van der Waals surface area contributed by atoms with Gasteiger partial charge in [-0.15, -0.1) is 10.2 Å². The molecule has 0 unspecified atom stereocenters. The van der Waals surface area contributed by atoms with Crippen LogP contribution >= 0.6 is 0 Å². The summed E-state index contributed by atoms with van der Waals surface area (Å²) < 4.78 is 140. The van der Waals surface area contributed by atoms with Gasteiger partial charge in [0, 0.05) is 51.1 Å². The molecule has 0 atom stereocenters. The van der Waals surface area contributed by atoms with Gasteiger partial charge in [-0.05, 0) is 72.5 Å². The number of aromatic hydroxyl groups is 2. The largest absolute Gasteiger partial charge is 0.507 e. The van der Waals surface area contributed by atoms with Crippen LogP contribution in [0, 0.1) is 13.8 Å². The van der Waals surface area contributed by atoms with Gasteiger partial charge >= 0.3 is 0 Å². The summed E-state index contributed by atoms with van der Waals surface area (Å²) in [4.78, 5) is -4.66. The summed E-state index contributed by atoms with van der Waals surface area (Å²) >= 11 is 0. The van der Waals surface area contributed by atoms with E-state index in [2.05, 4.69) is 20.5 Å². The smallest absolute Gasteiger partial charge is 0.298 e. The summed E-state index contributed by atoms with van der Waals surface area (Å²) in [5, 5.41) is 34.4. The molecule has 6 aromatic carbocycles. The molecule has 6 aromatic rings. The van der Waals surface area contributed by atoms with Gasteiger partial charge in [-0.2, -0.15) is 43.9 Å². The molecular formula is C34H28N6NaO14S4. The average molecular weight is 896 g/mol. The van der Waals surface area contributed by atoms with Crippen LogP contribution in [0.1, 0.15) is 11.1 Å². The van der Waals surface area contributed by atoms with E-state index < -0.39 is 116 Å². The molecule has 25 heteroatoms. The van der Waals surface area contributed by atoms with E-state index in [4.69, 9.17) is 11.5 Å². The average Bonchev–Trinajstić information content (AvgIpc) is 3.08. The van der Waals surface area contributed by atoms with Gasteiger partial charge in [0.2, 0.25) is 0 Å². The minimum Gasteiger partial charge on any atom is -0.507 e. The van der Waals surface area contributed by atoms with Crippen LogP contribution in [0.5, 0.6) is 11.5 Å². The van der Waals surface area contributed by atoms with Crippen LogP contribution < -0.4 is 11.5 Å². The molecule has 0 aromatic heterocycles. The predicted octanol–water partition coefficient (Wildman–Crippen LogP) is 6.29. The van der Waals surface area contributed by atoms with Crippen LogP contribution in [0.25, 0.3) is 32.7 Å². The van der Waals surface area contributed by atoms with Crippen molar-refractivity contribution in [3.8, 4) is 22.6 Å². The Bertz CT molecular complexity index is 3090. The van der Waals surface area contributed by atoms with Gasteiger partial charge in [0.25, 0.3) is 40.5 Å². The van der Waals surface area contributed by atoms with Crippen molar-refractivity contribution in [1.29, 1.82) is 0 Å². The first-order chi connectivity index (χ1) is 26.8. The zero-order valence-corrected chi connectivity index (χ0v) is 35.7. The Morgan fingerprint density at radius 1 is 0.475 bits per heavy atom. The first-order valence-electron chi connectivity index (χ1n) is 15.9. The van der Waals surface area contributed by atoms with Crippen LogP contribution in [-0.2, 0) is 40.5 Å². The molecule has 0 fully saturated rings. The van der Waals surface area contributed by atoms with Crippen LogP contribution in [-0.4, -0.2) is 91.7 Å². The van der Waals surface area contributed by atoms with Crippen molar-refractivity contribution >= 4 is 126 Å². The number of phenolic OH excluding ortho intramolecular Hbond substituents is 2. The van der Waals surface area contributed by atoms with Crippen molar-refractivity contribution in [1.82, 2.24) is 0 Å². The molecule has 0 aliphatic rings. The summed E-state index contributed by atoms with van der Waals surface area (Å²) in [6, 6.07) is 15.9. The SMILES string of the molecule is Cc1cc(-c2ccc(N=Nc3c(S(=O)(=O)O)c(N)c4c(O)cccc4c3S(=O)(=O)O)c(C)c2)ccc1N=Nc1c(S(=O)(=O)O)c(N)c2c(O)cccc2c1S(=O)(=O)O.[Na]. The van der Waals surface area contributed by atoms with E-state index in [1.54, 1.807) is 38.1 Å². The number of nitrogen functional groups attached to an aromatic ring is 2. The Labute approximate surface area is 357 Å². The number of benzene rings is 6. The number of fused-ring (bicyclic) bond motifs is 2. The fourth-order valence-corrected chi connectivity index (χ4v) is 9.63. The molecule has 0 bridgehead atoms. The van der Waals surface area contributed by atoms with Crippen LogP contribution in [0.2, 0.25) is 0 Å². The second-order valence-corrected chi connectivity index (χ2v) is 18.0. The summed E-state index contributed by atoms with van der Waals surface area (Å²) in [6.45, 7) is 3.14. The maximum atomic E-state index is 12.6. The normalized spacial score (nSPS) is 12.8. The van der Waals surface area contributed by atoms with Crippen molar-refractivity contribution < 1.29 is 62.1 Å². The maximum absolute atomic E-state index is 12.6. The van der Waals surface area contributed by atoms with Gasteiger partial charge in [-0.25, -0.2) is 0 Å². The molecule has 10 N–H and O–H groups in total. The number of nitrogens with two attached hydrogens (primary N) is 2. The summed E-state index contributed by atoms with van der Waals surface area (Å²) in [5.74, 6) is -1.30. The number of anilines is 2. The quantitative estimate of drug-likeness (QED) is 0.0342. The van der Waals surface area contributed by atoms with E-state index in [0.29, 0.717) is 22.3 Å². The molecule has 0 aliphatic carbocycles. The molecule has 0 saturated carbocycles. The third kappa shape index (κ3) is 8.50. The summed E-state index contributed by atoms with van der Waals surface area (Å²) in [6.07, 6.45) is 0. The second kappa shape index (κ2) is 15.8. The van der Waals surface area contributed by atoms with Crippen LogP contribution in [0.4, 0.5) is 34.1 Å². The molecule has 0 aliphatic heterocycles. The molecular weight excluding hydrogens is 868 g/mol. The Morgan fingerprint density at radius 3 is 1.08 bits per heavy atom. The zero-order chi connectivity index (χ0) is 42.9.